The third-order valence-electron chi connectivity index (χ3n) is 2.89. The minimum Gasteiger partial charge on any atom is -0.258 e. The van der Waals surface area contributed by atoms with Gasteiger partial charge in [0.2, 0.25) is 9.84 Å². The van der Waals surface area contributed by atoms with Crippen molar-refractivity contribution in [3.05, 3.63) is 63.2 Å². The highest BCUT2D eigenvalue weighted by Gasteiger charge is 2.39. The Kier molecular flexibility index (Phi) is 4.36. The second-order valence-corrected chi connectivity index (χ2v) is 6.75. The van der Waals surface area contributed by atoms with Crippen molar-refractivity contribution in [1.29, 1.82) is 0 Å². The molecule has 0 bridgehead atoms. The summed E-state index contributed by atoms with van der Waals surface area (Å²) in [5.41, 5.74) is -2.45. The van der Waals surface area contributed by atoms with E-state index in [1.54, 1.807) is 0 Å². The van der Waals surface area contributed by atoms with Crippen LogP contribution in [0.3, 0.4) is 0 Å². The molecule has 23 heavy (non-hydrogen) atoms. The standard InChI is InChI=1S/C13H7ClF3NO4S/c14-8-1-4-10(5-2-8)23(21,22)12-6-3-9(18(19)20)7-11(12)13(15,16)17/h1-7H. The lowest BCUT2D eigenvalue weighted by Crippen LogP contribution is -2.14. The molecule has 2 rings (SSSR count). The summed E-state index contributed by atoms with van der Waals surface area (Å²) in [7, 11) is -4.51. The number of sulfone groups is 1. The molecular weight excluding hydrogens is 359 g/mol. The SMILES string of the molecule is O=[N+]([O-])c1ccc(S(=O)(=O)c2ccc(Cl)cc2)c(C(F)(F)F)c1. The molecule has 0 aliphatic carbocycles. The lowest BCUT2D eigenvalue weighted by molar-refractivity contribution is -0.385. The summed E-state index contributed by atoms with van der Waals surface area (Å²) >= 11 is 5.62. The first kappa shape index (κ1) is 17.2. The molecule has 0 radical (unpaired) electrons. The average Bonchev–Trinajstić information content (AvgIpc) is 2.46. The third kappa shape index (κ3) is 3.45. The largest absolute Gasteiger partial charge is 0.417 e. The Balaban J connectivity index is 2.71. The Labute approximate surface area is 133 Å². The number of alkyl halides is 3. The van der Waals surface area contributed by atoms with E-state index in [0.717, 1.165) is 12.1 Å². The maximum absolute atomic E-state index is 13.1. The molecule has 0 saturated heterocycles. The van der Waals surface area contributed by atoms with E-state index >= 15 is 0 Å². The van der Waals surface area contributed by atoms with E-state index in [1.165, 1.54) is 12.1 Å². The van der Waals surface area contributed by atoms with E-state index in [-0.39, 0.29) is 11.1 Å². The molecule has 0 N–H and O–H groups in total. The van der Waals surface area contributed by atoms with Crippen LogP contribution < -0.4 is 0 Å². The molecular formula is C13H7ClF3NO4S. The van der Waals surface area contributed by atoms with Crippen LogP contribution in [0.5, 0.6) is 0 Å². The van der Waals surface area contributed by atoms with E-state index in [2.05, 4.69) is 0 Å². The molecule has 0 heterocycles. The van der Waals surface area contributed by atoms with Crippen molar-refractivity contribution < 1.29 is 26.5 Å². The van der Waals surface area contributed by atoms with Crippen molar-refractivity contribution in [3.8, 4) is 0 Å². The second-order valence-electron chi connectivity index (χ2n) is 4.39. The van der Waals surface area contributed by atoms with Crippen molar-refractivity contribution in [2.45, 2.75) is 16.0 Å². The number of nitro benzene ring substituents is 1. The van der Waals surface area contributed by atoms with E-state index in [1.807, 2.05) is 0 Å². The molecule has 0 aliphatic rings. The maximum Gasteiger partial charge on any atom is 0.417 e. The van der Waals surface area contributed by atoms with Crippen LogP contribution in [-0.4, -0.2) is 13.3 Å². The summed E-state index contributed by atoms with van der Waals surface area (Å²) in [6.07, 6.45) is -5.07. The van der Waals surface area contributed by atoms with Gasteiger partial charge in [-0.1, -0.05) is 11.6 Å². The van der Waals surface area contributed by atoms with Gasteiger partial charge in [-0.25, -0.2) is 8.42 Å². The van der Waals surface area contributed by atoms with Crippen molar-refractivity contribution in [1.82, 2.24) is 0 Å². The molecule has 5 nitrogen and oxygen atoms in total. The van der Waals surface area contributed by atoms with Crippen molar-refractivity contribution in [3.63, 3.8) is 0 Å². The predicted molar refractivity (Wildman–Crippen MR) is 75.0 cm³/mol. The number of rotatable bonds is 3. The number of nitro groups is 1. The molecule has 10 heteroatoms. The van der Waals surface area contributed by atoms with Crippen molar-refractivity contribution in [2.24, 2.45) is 0 Å². The van der Waals surface area contributed by atoms with E-state index in [0.29, 0.717) is 12.1 Å². The molecule has 0 unspecified atom stereocenters. The number of halogens is 4. The zero-order chi connectivity index (χ0) is 17.4. The first-order chi connectivity index (χ1) is 10.5. The summed E-state index contributed by atoms with van der Waals surface area (Å²) in [5.74, 6) is 0. The third-order valence-corrected chi connectivity index (χ3v) is 4.97. The van der Waals surface area contributed by atoms with Gasteiger partial charge < -0.3 is 0 Å². The fourth-order valence-electron chi connectivity index (χ4n) is 1.83. The number of hydrogen-bond donors (Lipinski definition) is 0. The summed E-state index contributed by atoms with van der Waals surface area (Å²) in [4.78, 5) is 8.13. The van der Waals surface area contributed by atoms with Gasteiger partial charge in [0.15, 0.2) is 0 Å². The number of nitrogens with zero attached hydrogens (tertiary/aromatic N) is 1. The lowest BCUT2D eigenvalue weighted by atomic mass is 10.2. The van der Waals surface area contributed by atoms with Gasteiger partial charge in [-0.15, -0.1) is 0 Å². The molecule has 2 aromatic rings. The van der Waals surface area contributed by atoms with Crippen molar-refractivity contribution in [2.75, 3.05) is 0 Å². The normalized spacial score (nSPS) is 12.2. The van der Waals surface area contributed by atoms with Crippen LogP contribution in [0.1, 0.15) is 5.56 Å². The van der Waals surface area contributed by atoms with Crippen LogP contribution >= 0.6 is 11.6 Å². The minimum atomic E-state index is -5.07. The Hall–Kier alpha value is -2.13. The highest BCUT2D eigenvalue weighted by atomic mass is 35.5. The molecule has 0 aliphatic heterocycles. The number of hydrogen-bond acceptors (Lipinski definition) is 4. The maximum atomic E-state index is 13.1. The summed E-state index contributed by atoms with van der Waals surface area (Å²) in [6, 6.07) is 6.02. The first-order valence-corrected chi connectivity index (χ1v) is 7.76. The van der Waals surface area contributed by atoms with Gasteiger partial charge in [-0.05, 0) is 30.3 Å². The van der Waals surface area contributed by atoms with Crippen LogP contribution in [0.4, 0.5) is 18.9 Å². The van der Waals surface area contributed by atoms with Gasteiger partial charge >= 0.3 is 6.18 Å². The minimum absolute atomic E-state index is 0.197. The molecule has 0 aromatic heterocycles. The summed E-state index contributed by atoms with van der Waals surface area (Å²) in [5, 5.41) is 10.8. The Morgan fingerprint density at radius 1 is 1.04 bits per heavy atom. The fraction of sp³-hybridized carbons (Fsp3) is 0.0769. The smallest absolute Gasteiger partial charge is 0.258 e. The van der Waals surface area contributed by atoms with Gasteiger partial charge in [0, 0.05) is 17.2 Å². The Morgan fingerprint density at radius 2 is 1.61 bits per heavy atom. The molecule has 2 aromatic carbocycles. The quantitative estimate of drug-likeness (QED) is 0.606. The van der Waals surface area contributed by atoms with E-state index in [9.17, 15) is 31.7 Å². The van der Waals surface area contributed by atoms with E-state index < -0.39 is 42.0 Å². The summed E-state index contributed by atoms with van der Waals surface area (Å²) < 4.78 is 64.0. The van der Waals surface area contributed by atoms with Gasteiger partial charge in [-0.3, -0.25) is 10.1 Å². The Bertz CT molecular complexity index is 864. The molecule has 0 fully saturated rings. The molecule has 0 saturated carbocycles. The van der Waals surface area contributed by atoms with Crippen LogP contribution in [0, 0.1) is 10.1 Å². The van der Waals surface area contributed by atoms with Crippen LogP contribution in [0.2, 0.25) is 5.02 Å². The highest BCUT2D eigenvalue weighted by Crippen LogP contribution is 2.38. The second kappa shape index (κ2) is 5.82. The lowest BCUT2D eigenvalue weighted by Gasteiger charge is -2.13. The number of non-ortho nitro benzene ring substituents is 1. The molecule has 0 spiro atoms. The van der Waals surface area contributed by atoms with Crippen LogP contribution in [-0.2, 0) is 16.0 Å². The highest BCUT2D eigenvalue weighted by molar-refractivity contribution is 7.91. The van der Waals surface area contributed by atoms with Crippen molar-refractivity contribution >= 4 is 27.1 Å². The topological polar surface area (TPSA) is 77.3 Å². The Morgan fingerprint density at radius 3 is 2.09 bits per heavy atom. The van der Waals surface area contributed by atoms with Gasteiger partial charge in [-0.2, -0.15) is 13.2 Å². The van der Waals surface area contributed by atoms with Crippen LogP contribution in [0.25, 0.3) is 0 Å². The average molecular weight is 366 g/mol. The van der Waals surface area contributed by atoms with Crippen LogP contribution in [0.15, 0.2) is 52.3 Å². The predicted octanol–water partition coefficient (Wildman–Crippen LogP) is 4.10. The zero-order valence-corrected chi connectivity index (χ0v) is 12.6. The molecule has 0 atom stereocenters. The van der Waals surface area contributed by atoms with E-state index in [4.69, 9.17) is 11.6 Å². The van der Waals surface area contributed by atoms with Gasteiger partial charge in [0.1, 0.15) is 0 Å². The monoisotopic (exact) mass is 365 g/mol. The molecule has 0 amide bonds. The zero-order valence-electron chi connectivity index (χ0n) is 11.0. The first-order valence-electron chi connectivity index (χ1n) is 5.90. The number of benzene rings is 2. The van der Waals surface area contributed by atoms with Gasteiger partial charge in [0.25, 0.3) is 5.69 Å². The fourth-order valence-corrected chi connectivity index (χ4v) is 3.41. The molecule has 122 valence electrons. The summed E-state index contributed by atoms with van der Waals surface area (Å²) in [6.45, 7) is 0. The van der Waals surface area contributed by atoms with Gasteiger partial charge in [0.05, 0.1) is 20.3 Å².